The standard InChI is InChI=1S/C17H24N2O3/c1-21-14-7-6-13(12-15(14)22-2)17(8-9-17)18-16(20)19-10-4-3-5-11-19/h6-7,12H,3-5,8-11H2,1-2H3,(H,18,20). The van der Waals surface area contributed by atoms with Crippen molar-refractivity contribution in [3.05, 3.63) is 23.8 Å². The number of methoxy groups -OCH3 is 2. The van der Waals surface area contributed by atoms with E-state index in [-0.39, 0.29) is 11.6 Å². The SMILES string of the molecule is COc1ccc(C2(NC(=O)N3CCCCC3)CC2)cc1OC. The smallest absolute Gasteiger partial charge is 0.318 e. The first-order valence-corrected chi connectivity index (χ1v) is 7.98. The Balaban J connectivity index is 1.74. The van der Waals surface area contributed by atoms with Crippen molar-refractivity contribution in [1.82, 2.24) is 10.2 Å². The van der Waals surface area contributed by atoms with Gasteiger partial charge in [-0.2, -0.15) is 0 Å². The Hall–Kier alpha value is -1.91. The molecule has 0 atom stereocenters. The quantitative estimate of drug-likeness (QED) is 0.930. The summed E-state index contributed by atoms with van der Waals surface area (Å²) in [6.45, 7) is 1.74. The van der Waals surface area contributed by atoms with Crippen LogP contribution in [0.4, 0.5) is 4.79 Å². The Kier molecular flexibility index (Phi) is 4.14. The van der Waals surface area contributed by atoms with Crippen molar-refractivity contribution in [2.75, 3.05) is 27.3 Å². The van der Waals surface area contributed by atoms with Crippen LogP contribution in [-0.4, -0.2) is 38.2 Å². The van der Waals surface area contributed by atoms with Gasteiger partial charge in [-0.15, -0.1) is 0 Å². The first kappa shape index (κ1) is 15.0. The van der Waals surface area contributed by atoms with E-state index in [0.29, 0.717) is 11.5 Å². The second kappa shape index (κ2) is 6.07. The molecule has 2 amide bonds. The van der Waals surface area contributed by atoms with Crippen molar-refractivity contribution in [3.63, 3.8) is 0 Å². The van der Waals surface area contributed by atoms with Crippen molar-refractivity contribution >= 4 is 6.03 Å². The molecule has 2 aliphatic rings. The van der Waals surface area contributed by atoms with Gasteiger partial charge >= 0.3 is 6.03 Å². The molecule has 1 heterocycles. The average molecular weight is 304 g/mol. The Morgan fingerprint density at radius 1 is 1.09 bits per heavy atom. The second-order valence-corrected chi connectivity index (χ2v) is 6.13. The highest BCUT2D eigenvalue weighted by Gasteiger charge is 2.46. The Bertz CT molecular complexity index is 549. The summed E-state index contributed by atoms with van der Waals surface area (Å²) in [4.78, 5) is 14.4. The Morgan fingerprint density at radius 3 is 2.36 bits per heavy atom. The number of benzene rings is 1. The number of piperidine rings is 1. The van der Waals surface area contributed by atoms with Gasteiger partial charge in [-0.3, -0.25) is 0 Å². The number of urea groups is 1. The molecule has 1 saturated carbocycles. The second-order valence-electron chi connectivity index (χ2n) is 6.13. The number of hydrogen-bond donors (Lipinski definition) is 1. The number of rotatable bonds is 4. The van der Waals surface area contributed by atoms with Crippen LogP contribution >= 0.6 is 0 Å². The summed E-state index contributed by atoms with van der Waals surface area (Å²) in [6, 6.07) is 5.96. The Labute approximate surface area is 131 Å². The van der Waals surface area contributed by atoms with Crippen LogP contribution < -0.4 is 14.8 Å². The maximum atomic E-state index is 12.5. The summed E-state index contributed by atoms with van der Waals surface area (Å²) in [5, 5.41) is 3.23. The van der Waals surface area contributed by atoms with Crippen LogP contribution in [0.1, 0.15) is 37.7 Å². The van der Waals surface area contributed by atoms with Crippen LogP contribution in [0.3, 0.4) is 0 Å². The summed E-state index contributed by atoms with van der Waals surface area (Å²) < 4.78 is 10.7. The summed E-state index contributed by atoms with van der Waals surface area (Å²) in [7, 11) is 3.26. The fourth-order valence-corrected chi connectivity index (χ4v) is 3.13. The van der Waals surface area contributed by atoms with E-state index in [1.165, 1.54) is 6.42 Å². The summed E-state index contributed by atoms with van der Waals surface area (Å²) >= 11 is 0. The van der Waals surface area contributed by atoms with E-state index < -0.39 is 0 Å². The van der Waals surface area contributed by atoms with E-state index in [1.54, 1.807) is 14.2 Å². The minimum absolute atomic E-state index is 0.0620. The van der Waals surface area contributed by atoms with E-state index in [4.69, 9.17) is 9.47 Å². The molecule has 22 heavy (non-hydrogen) atoms. The number of nitrogens with zero attached hydrogens (tertiary/aromatic N) is 1. The van der Waals surface area contributed by atoms with Crippen molar-refractivity contribution in [2.24, 2.45) is 0 Å². The highest BCUT2D eigenvalue weighted by atomic mass is 16.5. The van der Waals surface area contributed by atoms with E-state index in [1.807, 2.05) is 23.1 Å². The molecule has 0 unspecified atom stereocenters. The van der Waals surface area contributed by atoms with Crippen molar-refractivity contribution in [2.45, 2.75) is 37.6 Å². The average Bonchev–Trinajstić information content (AvgIpc) is 3.35. The van der Waals surface area contributed by atoms with E-state index in [2.05, 4.69) is 5.32 Å². The fraction of sp³-hybridized carbons (Fsp3) is 0.588. The number of ether oxygens (including phenoxy) is 2. The fourth-order valence-electron chi connectivity index (χ4n) is 3.13. The van der Waals surface area contributed by atoms with Gasteiger partial charge in [0.1, 0.15) is 0 Å². The van der Waals surface area contributed by atoms with Crippen molar-refractivity contribution in [3.8, 4) is 11.5 Å². The van der Waals surface area contributed by atoms with E-state index >= 15 is 0 Å². The maximum Gasteiger partial charge on any atom is 0.318 e. The zero-order valence-electron chi connectivity index (χ0n) is 13.4. The van der Waals surface area contributed by atoms with E-state index in [0.717, 1.165) is 44.3 Å². The predicted octanol–water partition coefficient (Wildman–Crippen LogP) is 2.89. The number of nitrogens with one attached hydrogen (secondary N) is 1. The van der Waals surface area contributed by atoms with Crippen LogP contribution in [0.25, 0.3) is 0 Å². The van der Waals surface area contributed by atoms with Crippen LogP contribution in [0.5, 0.6) is 11.5 Å². The first-order valence-electron chi connectivity index (χ1n) is 7.98. The number of carbonyl (C=O) groups excluding carboxylic acids is 1. The Morgan fingerprint density at radius 2 is 1.77 bits per heavy atom. The van der Waals surface area contributed by atoms with Crippen LogP contribution in [0.15, 0.2) is 18.2 Å². The van der Waals surface area contributed by atoms with Crippen LogP contribution in [0, 0.1) is 0 Å². The van der Waals surface area contributed by atoms with Gasteiger partial charge in [-0.1, -0.05) is 6.07 Å². The van der Waals surface area contributed by atoms with Gasteiger partial charge < -0.3 is 19.7 Å². The summed E-state index contributed by atoms with van der Waals surface area (Å²) in [6.07, 6.45) is 5.39. The topological polar surface area (TPSA) is 50.8 Å². The molecule has 1 aromatic rings. The molecule has 1 aromatic carbocycles. The summed E-state index contributed by atoms with van der Waals surface area (Å²) in [5.41, 5.74) is 0.865. The van der Waals surface area contributed by atoms with Gasteiger partial charge in [-0.25, -0.2) is 4.79 Å². The van der Waals surface area contributed by atoms with Gasteiger partial charge in [0.05, 0.1) is 19.8 Å². The molecule has 5 nitrogen and oxygen atoms in total. The van der Waals surface area contributed by atoms with Crippen LogP contribution in [0.2, 0.25) is 0 Å². The molecule has 1 aliphatic carbocycles. The molecule has 0 aromatic heterocycles. The maximum absolute atomic E-state index is 12.5. The number of likely N-dealkylation sites (tertiary alicyclic amines) is 1. The first-order chi connectivity index (χ1) is 10.7. The minimum atomic E-state index is -0.228. The lowest BCUT2D eigenvalue weighted by atomic mass is 10.0. The molecule has 1 aliphatic heterocycles. The minimum Gasteiger partial charge on any atom is -0.493 e. The molecular formula is C17H24N2O3. The lowest BCUT2D eigenvalue weighted by Gasteiger charge is -2.29. The van der Waals surface area contributed by atoms with Crippen molar-refractivity contribution in [1.29, 1.82) is 0 Å². The lowest BCUT2D eigenvalue weighted by molar-refractivity contribution is 0.181. The van der Waals surface area contributed by atoms with Crippen molar-refractivity contribution < 1.29 is 14.3 Å². The number of amides is 2. The largest absolute Gasteiger partial charge is 0.493 e. The van der Waals surface area contributed by atoms with Crippen LogP contribution in [-0.2, 0) is 5.54 Å². The van der Waals surface area contributed by atoms with Gasteiger partial charge in [0, 0.05) is 13.1 Å². The zero-order chi connectivity index (χ0) is 15.6. The van der Waals surface area contributed by atoms with Gasteiger partial charge in [0.15, 0.2) is 11.5 Å². The molecule has 120 valence electrons. The van der Waals surface area contributed by atoms with E-state index in [9.17, 15) is 4.79 Å². The number of carbonyl (C=O) groups is 1. The molecule has 0 spiro atoms. The van der Waals surface area contributed by atoms with Gasteiger partial charge in [0.2, 0.25) is 0 Å². The molecule has 1 N–H and O–H groups in total. The highest BCUT2D eigenvalue weighted by molar-refractivity contribution is 5.76. The molecular weight excluding hydrogens is 280 g/mol. The predicted molar refractivity (Wildman–Crippen MR) is 84.4 cm³/mol. The molecule has 1 saturated heterocycles. The zero-order valence-corrected chi connectivity index (χ0v) is 13.4. The highest BCUT2D eigenvalue weighted by Crippen LogP contribution is 2.47. The third-order valence-corrected chi connectivity index (χ3v) is 4.68. The monoisotopic (exact) mass is 304 g/mol. The lowest BCUT2D eigenvalue weighted by Crippen LogP contribution is -2.46. The third kappa shape index (κ3) is 2.85. The number of hydrogen-bond acceptors (Lipinski definition) is 3. The molecule has 5 heteroatoms. The third-order valence-electron chi connectivity index (χ3n) is 4.68. The van der Waals surface area contributed by atoms with Gasteiger partial charge in [0.25, 0.3) is 0 Å². The van der Waals surface area contributed by atoms with Gasteiger partial charge in [-0.05, 0) is 49.8 Å². The molecule has 3 rings (SSSR count). The molecule has 0 bridgehead atoms. The molecule has 0 radical (unpaired) electrons. The normalized spacial score (nSPS) is 19.5. The molecule has 2 fully saturated rings. The summed E-state index contributed by atoms with van der Waals surface area (Å²) in [5.74, 6) is 1.42.